The number of halogens is 3. The van der Waals surface area contributed by atoms with E-state index >= 15 is 0 Å². The van der Waals surface area contributed by atoms with Gasteiger partial charge in [0.1, 0.15) is 12.2 Å². The molecule has 2 atom stereocenters. The smallest absolute Gasteiger partial charge is 0.396 e. The summed E-state index contributed by atoms with van der Waals surface area (Å²) < 4.78 is 50.4. The van der Waals surface area contributed by atoms with Gasteiger partial charge in [0.25, 0.3) is 5.91 Å². The molecule has 218 valence electrons. The number of aliphatic hydroxyl groups excluding tert-OH is 1. The number of rotatable bonds is 7. The summed E-state index contributed by atoms with van der Waals surface area (Å²) in [7, 11) is 1.88. The van der Waals surface area contributed by atoms with Gasteiger partial charge in [-0.2, -0.15) is 13.2 Å². The zero-order chi connectivity index (χ0) is 28.9. The first-order valence-electron chi connectivity index (χ1n) is 14.0. The molecule has 1 N–H and O–H groups in total. The Kier molecular flexibility index (Phi) is 7.15. The molecule has 3 aromatic rings. The zero-order valence-corrected chi connectivity index (χ0v) is 23.2. The minimum Gasteiger partial charge on any atom is -0.396 e. The van der Waals surface area contributed by atoms with Gasteiger partial charge in [-0.15, -0.1) is 10.2 Å². The van der Waals surface area contributed by atoms with E-state index in [1.54, 1.807) is 18.5 Å². The molecule has 0 radical (unpaired) electrons. The number of hydrogen-bond donors (Lipinski definition) is 1. The van der Waals surface area contributed by atoms with Gasteiger partial charge in [-0.05, 0) is 59.2 Å². The van der Waals surface area contributed by atoms with Crippen LogP contribution >= 0.6 is 0 Å². The van der Waals surface area contributed by atoms with Crippen molar-refractivity contribution in [2.45, 2.75) is 44.4 Å². The van der Waals surface area contributed by atoms with E-state index in [4.69, 9.17) is 4.74 Å². The number of benzene rings is 2. The third-order valence-corrected chi connectivity index (χ3v) is 8.72. The molecule has 2 aromatic carbocycles. The monoisotopic (exact) mass is 569 g/mol. The SMILES string of the molecule is CC1CC(CO)CN(Cc2cc3c(c(C(F)(F)F)c2)CN(c2cccc(C4(Cc5nncn5C)COC4)c2)C3=O)C1. The van der Waals surface area contributed by atoms with Crippen LogP contribution in [0.1, 0.15) is 51.8 Å². The Bertz CT molecular complexity index is 1450. The summed E-state index contributed by atoms with van der Waals surface area (Å²) in [5, 5.41) is 17.8. The Morgan fingerprint density at radius 3 is 2.63 bits per heavy atom. The average Bonchev–Trinajstić information content (AvgIpc) is 3.47. The molecule has 4 heterocycles. The Labute approximate surface area is 236 Å². The molecule has 0 aliphatic carbocycles. The van der Waals surface area contributed by atoms with Crippen molar-refractivity contribution in [2.75, 3.05) is 37.8 Å². The van der Waals surface area contributed by atoms with Gasteiger partial charge in [0.15, 0.2) is 0 Å². The van der Waals surface area contributed by atoms with Gasteiger partial charge in [-0.25, -0.2) is 0 Å². The van der Waals surface area contributed by atoms with Crippen molar-refractivity contribution in [3.63, 3.8) is 0 Å². The second kappa shape index (κ2) is 10.5. The fourth-order valence-corrected chi connectivity index (χ4v) is 6.63. The molecule has 3 aliphatic rings. The second-order valence-electron chi connectivity index (χ2n) is 12.0. The Morgan fingerprint density at radius 1 is 1.17 bits per heavy atom. The summed E-state index contributed by atoms with van der Waals surface area (Å²) >= 11 is 0. The standard InChI is InChI=1S/C30H34F3N5O3/c1-19-6-21(15-39)13-37(11-19)12-20-7-24-25(26(8-20)30(31,32)33)14-38(28(24)40)23-5-3-4-22(9-23)29(16-41-17-29)10-27-35-34-18-36(27)2/h3-5,7-9,18-19,21,39H,6,10-17H2,1-2H3. The van der Waals surface area contributed by atoms with Gasteiger partial charge in [0.05, 0.1) is 25.3 Å². The number of likely N-dealkylation sites (tertiary alicyclic amines) is 1. The predicted octanol–water partition coefficient (Wildman–Crippen LogP) is 3.96. The average molecular weight is 570 g/mol. The number of aromatic nitrogens is 3. The third-order valence-electron chi connectivity index (χ3n) is 8.72. The number of ether oxygens (including phenoxy) is 1. The number of nitrogens with zero attached hydrogens (tertiary/aromatic N) is 5. The third kappa shape index (κ3) is 5.26. The topological polar surface area (TPSA) is 83.7 Å². The highest BCUT2D eigenvalue weighted by atomic mass is 19.4. The quantitative estimate of drug-likeness (QED) is 0.464. The highest BCUT2D eigenvalue weighted by Gasteiger charge is 2.43. The van der Waals surface area contributed by atoms with Crippen molar-refractivity contribution in [3.05, 3.63) is 76.4 Å². The number of alkyl halides is 3. The second-order valence-corrected chi connectivity index (χ2v) is 12.0. The highest BCUT2D eigenvalue weighted by Crippen LogP contribution is 2.42. The summed E-state index contributed by atoms with van der Waals surface area (Å²) in [6.07, 6.45) is -1.47. The van der Waals surface area contributed by atoms with Crippen LogP contribution in [0.15, 0.2) is 42.7 Å². The maximum atomic E-state index is 14.3. The van der Waals surface area contributed by atoms with Crippen LogP contribution in [0.2, 0.25) is 0 Å². The van der Waals surface area contributed by atoms with Gasteiger partial charge in [0, 0.05) is 56.4 Å². The first-order valence-corrected chi connectivity index (χ1v) is 14.0. The number of hydrogen-bond acceptors (Lipinski definition) is 6. The van der Waals surface area contributed by atoms with Crippen molar-refractivity contribution >= 4 is 11.6 Å². The lowest BCUT2D eigenvalue weighted by molar-refractivity contribution is -0.138. The first kappa shape index (κ1) is 27.9. The molecule has 0 spiro atoms. The lowest BCUT2D eigenvalue weighted by Crippen LogP contribution is -2.49. The van der Waals surface area contributed by atoms with E-state index in [2.05, 4.69) is 22.0 Å². The number of carbonyl (C=O) groups is 1. The Hall–Kier alpha value is -3.28. The van der Waals surface area contributed by atoms with Gasteiger partial charge in [-0.3, -0.25) is 9.69 Å². The molecule has 11 heteroatoms. The molecule has 0 bridgehead atoms. The van der Waals surface area contributed by atoms with Crippen LogP contribution in [-0.2, 0) is 42.9 Å². The molecule has 41 heavy (non-hydrogen) atoms. The van der Waals surface area contributed by atoms with Crippen LogP contribution in [0.25, 0.3) is 0 Å². The zero-order valence-electron chi connectivity index (χ0n) is 23.2. The molecule has 2 fully saturated rings. The number of anilines is 1. The van der Waals surface area contributed by atoms with Crippen molar-refractivity contribution in [1.29, 1.82) is 0 Å². The normalized spacial score (nSPS) is 22.6. The molecular formula is C30H34F3N5O3. The van der Waals surface area contributed by atoms with Crippen LogP contribution in [0, 0.1) is 11.8 Å². The van der Waals surface area contributed by atoms with Crippen LogP contribution in [0.4, 0.5) is 18.9 Å². The van der Waals surface area contributed by atoms with E-state index in [1.807, 2.05) is 29.8 Å². The van der Waals surface area contributed by atoms with Crippen molar-refractivity contribution < 1.29 is 27.8 Å². The van der Waals surface area contributed by atoms with E-state index < -0.39 is 17.6 Å². The van der Waals surface area contributed by atoms with E-state index in [1.165, 1.54) is 11.0 Å². The van der Waals surface area contributed by atoms with Crippen molar-refractivity contribution in [3.8, 4) is 0 Å². The number of aliphatic hydroxyl groups is 1. The van der Waals surface area contributed by atoms with Gasteiger partial charge in [-0.1, -0.05) is 19.1 Å². The van der Waals surface area contributed by atoms with E-state index in [0.29, 0.717) is 49.9 Å². The largest absolute Gasteiger partial charge is 0.416 e. The summed E-state index contributed by atoms with van der Waals surface area (Å²) in [4.78, 5) is 17.2. The number of piperidine rings is 1. The first-order chi connectivity index (χ1) is 19.6. The van der Waals surface area contributed by atoms with Crippen LogP contribution < -0.4 is 4.90 Å². The lowest BCUT2D eigenvalue weighted by Gasteiger charge is -2.42. The van der Waals surface area contributed by atoms with Crippen LogP contribution in [0.5, 0.6) is 0 Å². The molecule has 1 aromatic heterocycles. The summed E-state index contributed by atoms with van der Waals surface area (Å²) in [5.41, 5.74) is 0.962. The summed E-state index contributed by atoms with van der Waals surface area (Å²) in [6.45, 7) is 4.60. The molecule has 2 unspecified atom stereocenters. The lowest BCUT2D eigenvalue weighted by atomic mass is 9.75. The Balaban J connectivity index is 1.30. The fraction of sp³-hybridized carbons (Fsp3) is 0.500. The molecule has 1 amide bonds. The van der Waals surface area contributed by atoms with E-state index in [-0.39, 0.29) is 35.6 Å². The molecule has 0 saturated carbocycles. The number of fused-ring (bicyclic) bond motifs is 1. The maximum Gasteiger partial charge on any atom is 0.416 e. The number of carbonyl (C=O) groups excluding carboxylic acids is 1. The van der Waals surface area contributed by atoms with Crippen molar-refractivity contribution in [2.24, 2.45) is 18.9 Å². The Morgan fingerprint density at radius 2 is 1.98 bits per heavy atom. The number of amides is 1. The molecule has 8 nitrogen and oxygen atoms in total. The molecule has 6 rings (SSSR count). The molecular weight excluding hydrogens is 535 g/mol. The predicted molar refractivity (Wildman–Crippen MR) is 145 cm³/mol. The number of aryl methyl sites for hydroxylation is 1. The fourth-order valence-electron chi connectivity index (χ4n) is 6.63. The highest BCUT2D eigenvalue weighted by molar-refractivity contribution is 6.10. The van der Waals surface area contributed by atoms with Gasteiger partial charge < -0.3 is 19.3 Å². The van der Waals surface area contributed by atoms with Gasteiger partial charge >= 0.3 is 6.18 Å². The summed E-state index contributed by atoms with van der Waals surface area (Å²) in [6, 6.07) is 10.3. The molecule has 3 aliphatic heterocycles. The van der Waals surface area contributed by atoms with Crippen LogP contribution in [0.3, 0.4) is 0 Å². The van der Waals surface area contributed by atoms with Gasteiger partial charge in [0.2, 0.25) is 0 Å². The minimum atomic E-state index is -4.59. The summed E-state index contributed by atoms with van der Waals surface area (Å²) in [5.74, 6) is 0.800. The maximum absolute atomic E-state index is 14.3. The molecule has 2 saturated heterocycles. The minimum absolute atomic E-state index is 0.0117. The van der Waals surface area contributed by atoms with E-state index in [0.717, 1.165) is 24.4 Å². The van der Waals surface area contributed by atoms with Crippen LogP contribution in [-0.4, -0.2) is 63.6 Å². The van der Waals surface area contributed by atoms with E-state index in [9.17, 15) is 23.1 Å². The van der Waals surface area contributed by atoms with Crippen molar-refractivity contribution in [1.82, 2.24) is 19.7 Å².